The van der Waals surface area contributed by atoms with Crippen molar-refractivity contribution in [2.75, 3.05) is 7.11 Å². The van der Waals surface area contributed by atoms with Gasteiger partial charge in [0.25, 0.3) is 0 Å². The predicted molar refractivity (Wildman–Crippen MR) is 64.1 cm³/mol. The molecule has 17 heavy (non-hydrogen) atoms. The Balaban J connectivity index is 2.90. The molecule has 0 saturated heterocycles. The summed E-state index contributed by atoms with van der Waals surface area (Å²) in [5.74, 6) is 5.38. The van der Waals surface area contributed by atoms with Crippen LogP contribution in [0.3, 0.4) is 0 Å². The molecule has 0 aliphatic carbocycles. The van der Waals surface area contributed by atoms with Gasteiger partial charge in [-0.2, -0.15) is 5.26 Å². The van der Waals surface area contributed by atoms with E-state index in [2.05, 4.69) is 22.6 Å². The van der Waals surface area contributed by atoms with Gasteiger partial charge in [0.1, 0.15) is 5.41 Å². The molecule has 1 aromatic carbocycles. The molecule has 0 atom stereocenters. The van der Waals surface area contributed by atoms with Crippen molar-refractivity contribution in [2.24, 2.45) is 5.41 Å². The summed E-state index contributed by atoms with van der Waals surface area (Å²) in [4.78, 5) is 11.2. The van der Waals surface area contributed by atoms with Gasteiger partial charge < -0.3 is 4.74 Å². The fourth-order valence-electron chi connectivity index (χ4n) is 1.06. The molecule has 0 fully saturated rings. The molecule has 0 saturated carbocycles. The summed E-state index contributed by atoms with van der Waals surface area (Å²) in [6, 6.07) is 8.86. The maximum absolute atomic E-state index is 11.2. The number of hydrogen-bond donors (Lipinski definition) is 0. The van der Waals surface area contributed by atoms with Gasteiger partial charge in [0, 0.05) is 5.56 Å². The summed E-state index contributed by atoms with van der Waals surface area (Å²) in [5, 5.41) is 8.81. The van der Waals surface area contributed by atoms with Crippen LogP contribution in [0.4, 0.5) is 0 Å². The van der Waals surface area contributed by atoms with Crippen LogP contribution in [-0.4, -0.2) is 13.1 Å². The molecule has 0 aliphatic rings. The zero-order chi connectivity index (χ0) is 12.9. The van der Waals surface area contributed by atoms with Gasteiger partial charge in [-0.3, -0.25) is 0 Å². The third kappa shape index (κ3) is 3.66. The zero-order valence-corrected chi connectivity index (χ0v) is 10.1. The van der Waals surface area contributed by atoms with E-state index in [1.165, 1.54) is 7.11 Å². The minimum Gasteiger partial charge on any atom is -0.465 e. The van der Waals surface area contributed by atoms with Crippen molar-refractivity contribution in [1.29, 1.82) is 5.26 Å². The van der Waals surface area contributed by atoms with Gasteiger partial charge in [0.15, 0.2) is 0 Å². The van der Waals surface area contributed by atoms with Gasteiger partial charge in [-0.15, -0.1) is 0 Å². The standard InChI is InChI=1S/C14H13NO2/c1-14(2,10-15)9-8-11-4-6-12(7-5-11)13(16)17-3/h4-7H,1-3H3. The maximum Gasteiger partial charge on any atom is 0.337 e. The lowest BCUT2D eigenvalue weighted by Crippen LogP contribution is -2.03. The number of carbonyl (C=O) groups excluding carboxylic acids is 1. The molecule has 0 radical (unpaired) electrons. The van der Waals surface area contributed by atoms with E-state index in [-0.39, 0.29) is 5.97 Å². The lowest BCUT2D eigenvalue weighted by molar-refractivity contribution is 0.0601. The van der Waals surface area contributed by atoms with Crippen LogP contribution in [0.25, 0.3) is 0 Å². The summed E-state index contributed by atoms with van der Waals surface area (Å²) in [5.41, 5.74) is 0.583. The van der Waals surface area contributed by atoms with Gasteiger partial charge in [-0.1, -0.05) is 11.8 Å². The van der Waals surface area contributed by atoms with Crippen molar-refractivity contribution < 1.29 is 9.53 Å². The molecular formula is C14H13NO2. The highest BCUT2D eigenvalue weighted by Gasteiger charge is 2.11. The van der Waals surface area contributed by atoms with Gasteiger partial charge in [0.05, 0.1) is 18.7 Å². The van der Waals surface area contributed by atoms with E-state index in [0.717, 1.165) is 5.56 Å². The second kappa shape index (κ2) is 5.18. The Labute approximate surface area is 101 Å². The number of esters is 1. The molecule has 0 spiro atoms. The molecule has 0 aromatic heterocycles. The number of methoxy groups -OCH3 is 1. The number of rotatable bonds is 1. The lowest BCUT2D eigenvalue weighted by Gasteiger charge is -2.03. The molecule has 0 heterocycles. The molecule has 0 bridgehead atoms. The van der Waals surface area contributed by atoms with E-state index < -0.39 is 5.41 Å². The normalized spacial score (nSPS) is 9.76. The predicted octanol–water partition coefficient (Wildman–Crippen LogP) is 2.37. The Morgan fingerprint density at radius 1 is 1.29 bits per heavy atom. The van der Waals surface area contributed by atoms with Crippen LogP contribution in [-0.2, 0) is 4.74 Å². The van der Waals surface area contributed by atoms with E-state index in [4.69, 9.17) is 5.26 Å². The van der Waals surface area contributed by atoms with Crippen LogP contribution < -0.4 is 0 Å². The Hall–Kier alpha value is -2.26. The Morgan fingerprint density at radius 2 is 1.88 bits per heavy atom. The first-order valence-corrected chi connectivity index (χ1v) is 5.11. The number of nitrogens with zero attached hydrogens (tertiary/aromatic N) is 1. The number of benzene rings is 1. The van der Waals surface area contributed by atoms with Crippen molar-refractivity contribution in [3.8, 4) is 17.9 Å². The molecule has 0 N–H and O–H groups in total. The van der Waals surface area contributed by atoms with Crippen molar-refractivity contribution >= 4 is 5.97 Å². The third-order valence-electron chi connectivity index (χ3n) is 2.10. The summed E-state index contributed by atoms with van der Waals surface area (Å²) in [7, 11) is 1.34. The molecule has 3 nitrogen and oxygen atoms in total. The van der Waals surface area contributed by atoms with Crippen LogP contribution in [0.1, 0.15) is 29.8 Å². The Morgan fingerprint density at radius 3 is 2.35 bits per heavy atom. The third-order valence-corrected chi connectivity index (χ3v) is 2.10. The maximum atomic E-state index is 11.2. The van der Waals surface area contributed by atoms with Crippen molar-refractivity contribution in [3.63, 3.8) is 0 Å². The first-order chi connectivity index (χ1) is 7.98. The van der Waals surface area contributed by atoms with E-state index in [1.54, 1.807) is 38.1 Å². The largest absolute Gasteiger partial charge is 0.465 e. The van der Waals surface area contributed by atoms with Crippen molar-refractivity contribution in [1.82, 2.24) is 0 Å². The minimum atomic E-state index is -0.666. The van der Waals surface area contributed by atoms with Crippen LogP contribution in [0.2, 0.25) is 0 Å². The summed E-state index contributed by atoms with van der Waals surface area (Å²) in [6.07, 6.45) is 0. The fourth-order valence-corrected chi connectivity index (χ4v) is 1.06. The average Bonchev–Trinajstić information content (AvgIpc) is 2.36. The van der Waals surface area contributed by atoms with Gasteiger partial charge in [0.2, 0.25) is 0 Å². The number of carbonyl (C=O) groups is 1. The van der Waals surface area contributed by atoms with E-state index >= 15 is 0 Å². The van der Waals surface area contributed by atoms with Crippen LogP contribution in [0, 0.1) is 28.6 Å². The Bertz CT molecular complexity index is 510. The van der Waals surface area contributed by atoms with Crippen LogP contribution in [0.5, 0.6) is 0 Å². The van der Waals surface area contributed by atoms with Crippen LogP contribution in [0.15, 0.2) is 24.3 Å². The topological polar surface area (TPSA) is 50.1 Å². The highest BCUT2D eigenvalue weighted by atomic mass is 16.5. The van der Waals surface area contributed by atoms with Crippen molar-refractivity contribution in [3.05, 3.63) is 35.4 Å². The monoisotopic (exact) mass is 227 g/mol. The highest BCUT2D eigenvalue weighted by Crippen LogP contribution is 2.11. The van der Waals surface area contributed by atoms with E-state index in [1.807, 2.05) is 0 Å². The molecule has 0 unspecified atom stereocenters. The highest BCUT2D eigenvalue weighted by molar-refractivity contribution is 5.89. The molecule has 0 amide bonds. The van der Waals surface area contributed by atoms with E-state index in [0.29, 0.717) is 5.56 Å². The number of nitriles is 1. The molecule has 86 valence electrons. The summed E-state index contributed by atoms with van der Waals surface area (Å²) in [6.45, 7) is 3.51. The van der Waals surface area contributed by atoms with Gasteiger partial charge in [-0.25, -0.2) is 4.79 Å². The van der Waals surface area contributed by atoms with E-state index in [9.17, 15) is 4.79 Å². The minimum absolute atomic E-state index is 0.373. The molecule has 1 rings (SSSR count). The number of hydrogen-bond acceptors (Lipinski definition) is 3. The smallest absolute Gasteiger partial charge is 0.337 e. The van der Waals surface area contributed by atoms with Gasteiger partial charge >= 0.3 is 5.97 Å². The summed E-state index contributed by atoms with van der Waals surface area (Å²) < 4.78 is 4.59. The first kappa shape index (κ1) is 12.8. The second-order valence-electron chi connectivity index (χ2n) is 4.06. The fraction of sp³-hybridized carbons (Fsp3) is 0.286. The quantitative estimate of drug-likeness (QED) is 0.546. The van der Waals surface area contributed by atoms with Gasteiger partial charge in [-0.05, 0) is 38.1 Å². The Kier molecular flexibility index (Phi) is 3.91. The van der Waals surface area contributed by atoms with Crippen molar-refractivity contribution in [2.45, 2.75) is 13.8 Å². The average molecular weight is 227 g/mol. The molecular weight excluding hydrogens is 214 g/mol. The zero-order valence-electron chi connectivity index (χ0n) is 10.1. The summed E-state index contributed by atoms with van der Waals surface area (Å²) >= 11 is 0. The molecule has 3 heteroatoms. The lowest BCUT2D eigenvalue weighted by atomic mass is 9.96. The van der Waals surface area contributed by atoms with Crippen LogP contribution >= 0.6 is 0 Å². The number of ether oxygens (including phenoxy) is 1. The first-order valence-electron chi connectivity index (χ1n) is 5.11. The molecule has 1 aromatic rings. The second-order valence-corrected chi connectivity index (χ2v) is 4.06. The molecule has 0 aliphatic heterocycles. The SMILES string of the molecule is COC(=O)c1ccc(C#CC(C)(C)C#N)cc1.